The maximum Gasteiger partial charge on any atom is 0.258 e. The first-order valence-corrected chi connectivity index (χ1v) is 9.43. The Kier molecular flexibility index (Phi) is 4.63. The van der Waals surface area contributed by atoms with Crippen LogP contribution in [0.2, 0.25) is 20.1 Å². The van der Waals surface area contributed by atoms with E-state index in [1.165, 1.54) is 4.90 Å². The third kappa shape index (κ3) is 2.40. The van der Waals surface area contributed by atoms with Crippen molar-refractivity contribution < 1.29 is 14.6 Å². The van der Waals surface area contributed by atoms with Gasteiger partial charge in [-0.2, -0.15) is 0 Å². The van der Waals surface area contributed by atoms with Gasteiger partial charge in [0.05, 0.1) is 44.8 Å². The largest absolute Gasteiger partial charge is 0.379 e. The molecule has 0 saturated carbocycles. The minimum atomic E-state index is -1.74. The second-order valence-electron chi connectivity index (χ2n) is 6.23. The molecule has 1 fully saturated rings. The number of aliphatic hydroxyl groups is 1. The lowest BCUT2D eigenvalue weighted by Crippen LogP contribution is -2.48. The van der Waals surface area contributed by atoms with Gasteiger partial charge in [-0.3, -0.25) is 4.79 Å². The van der Waals surface area contributed by atoms with Crippen LogP contribution in [-0.4, -0.2) is 35.7 Å². The number of fused-ring (bicyclic) bond motifs is 3. The number of rotatable bonds is 1. The van der Waals surface area contributed by atoms with Gasteiger partial charge in [-0.05, 0) is 5.56 Å². The number of amides is 1. The number of hydrogen-bond donors (Lipinski definition) is 1. The summed E-state index contributed by atoms with van der Waals surface area (Å²) in [6.45, 7) is 0.676. The van der Waals surface area contributed by atoms with Crippen LogP contribution < -0.4 is 0 Å². The normalized spacial score (nSPS) is 25.0. The molecular formula is C18H13Cl4NO3. The molecule has 2 atom stereocenters. The van der Waals surface area contributed by atoms with Crippen LogP contribution >= 0.6 is 46.4 Å². The van der Waals surface area contributed by atoms with Gasteiger partial charge < -0.3 is 14.7 Å². The van der Waals surface area contributed by atoms with E-state index in [1.54, 1.807) is 0 Å². The van der Waals surface area contributed by atoms with E-state index in [9.17, 15) is 9.90 Å². The third-order valence-corrected chi connectivity index (χ3v) is 6.74. The van der Waals surface area contributed by atoms with Gasteiger partial charge in [0, 0.05) is 12.1 Å². The van der Waals surface area contributed by atoms with E-state index >= 15 is 0 Å². The van der Waals surface area contributed by atoms with Crippen molar-refractivity contribution in [3.05, 3.63) is 67.1 Å². The van der Waals surface area contributed by atoms with E-state index in [4.69, 9.17) is 51.1 Å². The number of hydrogen-bond acceptors (Lipinski definition) is 3. The molecule has 2 aliphatic rings. The first kappa shape index (κ1) is 18.4. The molecule has 4 nitrogen and oxygen atoms in total. The van der Waals surface area contributed by atoms with Gasteiger partial charge in [0.25, 0.3) is 5.91 Å². The Hall–Kier alpha value is -1.01. The quantitative estimate of drug-likeness (QED) is 0.524. The van der Waals surface area contributed by atoms with Gasteiger partial charge in [-0.1, -0.05) is 76.7 Å². The Labute approximate surface area is 170 Å². The molecule has 26 heavy (non-hydrogen) atoms. The Bertz CT molecular complexity index is 905. The predicted molar refractivity (Wildman–Crippen MR) is 101 cm³/mol. The number of carbonyl (C=O) groups is 1. The van der Waals surface area contributed by atoms with Crippen molar-refractivity contribution in [3.63, 3.8) is 0 Å². The van der Waals surface area contributed by atoms with Crippen molar-refractivity contribution in [1.29, 1.82) is 0 Å². The van der Waals surface area contributed by atoms with Crippen LogP contribution in [-0.2, 0) is 10.5 Å². The topological polar surface area (TPSA) is 49.8 Å². The van der Waals surface area contributed by atoms with Gasteiger partial charge in [-0.25, -0.2) is 0 Å². The summed E-state index contributed by atoms with van der Waals surface area (Å²) >= 11 is 25.1. The average Bonchev–Trinajstić information content (AvgIpc) is 2.76. The first-order chi connectivity index (χ1) is 12.4. The van der Waals surface area contributed by atoms with Crippen LogP contribution in [0.1, 0.15) is 27.4 Å². The molecule has 0 unspecified atom stereocenters. The van der Waals surface area contributed by atoms with Crippen molar-refractivity contribution in [2.45, 2.75) is 11.6 Å². The fraction of sp³-hybridized carbons (Fsp3) is 0.278. The molecule has 0 spiro atoms. The minimum Gasteiger partial charge on any atom is -0.379 e. The number of halogens is 4. The minimum absolute atomic E-state index is 0.000737. The summed E-state index contributed by atoms with van der Waals surface area (Å²) in [5.41, 5.74) is -0.653. The standard InChI is InChI=1S/C18H13Cl4NO3/c19-13-11-12(14(20)16(22)15(13)21)18(25)10(9-4-2-1-3-5-9)8-26-7-6-23(18)17(11)24/h1-5,10,25H,6-8H2/t10-,18-/m0/s1. The maximum atomic E-state index is 13.1. The summed E-state index contributed by atoms with van der Waals surface area (Å²) in [4.78, 5) is 14.4. The van der Waals surface area contributed by atoms with E-state index in [2.05, 4.69) is 0 Å². The van der Waals surface area contributed by atoms with Crippen molar-refractivity contribution in [2.24, 2.45) is 0 Å². The third-order valence-electron chi connectivity index (χ3n) is 4.94. The highest BCUT2D eigenvalue weighted by Gasteiger charge is 2.57. The lowest BCUT2D eigenvalue weighted by atomic mass is 9.84. The van der Waals surface area contributed by atoms with Gasteiger partial charge in [0.15, 0.2) is 5.72 Å². The molecule has 0 aromatic heterocycles. The zero-order valence-corrected chi connectivity index (χ0v) is 16.3. The van der Waals surface area contributed by atoms with Crippen LogP contribution in [0.4, 0.5) is 0 Å². The number of benzene rings is 2. The van der Waals surface area contributed by atoms with E-state index in [-0.39, 0.29) is 51.0 Å². The molecule has 8 heteroatoms. The molecule has 1 N–H and O–H groups in total. The van der Waals surface area contributed by atoms with Gasteiger partial charge in [0.2, 0.25) is 0 Å². The average molecular weight is 433 g/mol. The molecule has 136 valence electrons. The molecule has 4 rings (SSSR count). The van der Waals surface area contributed by atoms with Gasteiger partial charge in [-0.15, -0.1) is 0 Å². The zero-order valence-electron chi connectivity index (χ0n) is 13.3. The summed E-state index contributed by atoms with van der Waals surface area (Å²) in [6, 6.07) is 9.32. The fourth-order valence-corrected chi connectivity index (χ4v) is 4.80. The summed E-state index contributed by atoms with van der Waals surface area (Å²) in [5, 5.41) is 11.9. The molecule has 0 bridgehead atoms. The lowest BCUT2D eigenvalue weighted by Gasteiger charge is -2.38. The van der Waals surface area contributed by atoms with Crippen LogP contribution in [0.5, 0.6) is 0 Å². The molecule has 2 aromatic carbocycles. The van der Waals surface area contributed by atoms with Crippen molar-refractivity contribution in [3.8, 4) is 0 Å². The van der Waals surface area contributed by atoms with Crippen LogP contribution in [0.25, 0.3) is 0 Å². The monoisotopic (exact) mass is 431 g/mol. The van der Waals surface area contributed by atoms with E-state index in [0.29, 0.717) is 0 Å². The lowest BCUT2D eigenvalue weighted by molar-refractivity contribution is -0.0989. The SMILES string of the molecule is O=C1c2c(Cl)c(Cl)c(Cl)c(Cl)c2[C@@]2(O)[C@H](c3ccccc3)COCCN12. The van der Waals surface area contributed by atoms with E-state index < -0.39 is 17.6 Å². The predicted octanol–water partition coefficient (Wildman–Crippen LogP) is 4.72. The smallest absolute Gasteiger partial charge is 0.258 e. The van der Waals surface area contributed by atoms with Crippen LogP contribution in [0.15, 0.2) is 30.3 Å². The molecule has 2 heterocycles. The molecule has 0 aliphatic carbocycles. The highest BCUT2D eigenvalue weighted by atomic mass is 35.5. The van der Waals surface area contributed by atoms with Gasteiger partial charge >= 0.3 is 0 Å². The van der Waals surface area contributed by atoms with Gasteiger partial charge in [0.1, 0.15) is 0 Å². The summed E-state index contributed by atoms with van der Waals surface area (Å²) in [5.74, 6) is -1.01. The first-order valence-electron chi connectivity index (χ1n) is 7.92. The highest BCUT2D eigenvalue weighted by molar-refractivity contribution is 6.53. The van der Waals surface area contributed by atoms with E-state index in [1.807, 2.05) is 30.3 Å². The number of carbonyl (C=O) groups excluding carboxylic acids is 1. The van der Waals surface area contributed by atoms with Crippen LogP contribution in [0.3, 0.4) is 0 Å². The van der Waals surface area contributed by atoms with E-state index in [0.717, 1.165) is 5.56 Å². The summed E-state index contributed by atoms with van der Waals surface area (Å²) in [7, 11) is 0. The fourth-order valence-electron chi connectivity index (χ4n) is 3.72. The molecule has 1 amide bonds. The maximum absolute atomic E-state index is 13.1. The van der Waals surface area contributed by atoms with Crippen molar-refractivity contribution in [2.75, 3.05) is 19.8 Å². The zero-order chi connectivity index (χ0) is 18.6. The second-order valence-corrected chi connectivity index (χ2v) is 7.74. The molecule has 0 radical (unpaired) electrons. The molecular weight excluding hydrogens is 420 g/mol. The van der Waals surface area contributed by atoms with Crippen LogP contribution in [0, 0.1) is 0 Å². The Morgan fingerprint density at radius 1 is 1.04 bits per heavy atom. The van der Waals surface area contributed by atoms with Crippen molar-refractivity contribution >= 4 is 52.3 Å². The summed E-state index contributed by atoms with van der Waals surface area (Å²) in [6.07, 6.45) is 0. The molecule has 1 saturated heterocycles. The second kappa shape index (κ2) is 6.55. The number of ether oxygens (including phenoxy) is 1. The van der Waals surface area contributed by atoms with Crippen molar-refractivity contribution in [1.82, 2.24) is 4.90 Å². The molecule has 2 aromatic rings. The summed E-state index contributed by atoms with van der Waals surface area (Å²) < 4.78 is 5.66. The number of nitrogens with zero attached hydrogens (tertiary/aromatic N) is 1. The Morgan fingerprint density at radius 3 is 2.38 bits per heavy atom. The Morgan fingerprint density at radius 2 is 1.69 bits per heavy atom. The molecule has 2 aliphatic heterocycles. The Balaban J connectivity index is 2.04. The highest BCUT2D eigenvalue weighted by Crippen LogP contribution is 2.55.